The van der Waals surface area contributed by atoms with E-state index in [1.807, 2.05) is 18.2 Å². The summed E-state index contributed by atoms with van der Waals surface area (Å²) in [6.45, 7) is 4.20. The molecule has 3 aromatic rings. The molecule has 3 rings (SSSR count). The van der Waals surface area contributed by atoms with Crippen molar-refractivity contribution >= 4 is 67.2 Å². The van der Waals surface area contributed by atoms with Crippen LogP contribution in [0.4, 0.5) is 0 Å². The van der Waals surface area contributed by atoms with Gasteiger partial charge in [-0.25, -0.2) is 5.43 Å². The predicted octanol–water partition coefficient (Wildman–Crippen LogP) is 7.43. The first-order valence-electron chi connectivity index (χ1n) is 10.1. The second-order valence-electron chi connectivity index (χ2n) is 7.00. The van der Waals surface area contributed by atoms with Gasteiger partial charge in [-0.15, -0.1) is 0 Å². The van der Waals surface area contributed by atoms with E-state index in [0.717, 1.165) is 11.1 Å². The molecule has 3 aromatic carbocycles. The van der Waals surface area contributed by atoms with Gasteiger partial charge in [-0.3, -0.25) is 4.79 Å². The number of amides is 1. The molecule has 0 aromatic heterocycles. The molecule has 0 saturated carbocycles. The van der Waals surface area contributed by atoms with E-state index in [9.17, 15) is 4.79 Å². The molecule has 0 unspecified atom stereocenters. The summed E-state index contributed by atoms with van der Waals surface area (Å²) >= 11 is 19.2. The number of hydrogen-bond donors (Lipinski definition) is 1. The Hall–Kier alpha value is -2.52. The van der Waals surface area contributed by atoms with Crippen molar-refractivity contribution in [1.29, 1.82) is 0 Å². The van der Waals surface area contributed by atoms with Gasteiger partial charge in [0.15, 0.2) is 11.5 Å². The number of nitrogens with one attached hydrogen (secondary N) is 1. The van der Waals surface area contributed by atoms with Gasteiger partial charge in [0, 0.05) is 21.2 Å². The van der Waals surface area contributed by atoms with Gasteiger partial charge in [0.1, 0.15) is 19.0 Å². The summed E-state index contributed by atoms with van der Waals surface area (Å²) in [5, 5.41) is 5.14. The van der Waals surface area contributed by atoms with Gasteiger partial charge < -0.3 is 14.2 Å². The average Bonchev–Trinajstić information content (AvgIpc) is 2.83. The Morgan fingerprint density at radius 3 is 2.46 bits per heavy atom. The van der Waals surface area contributed by atoms with E-state index in [1.165, 1.54) is 13.3 Å². The summed E-state index contributed by atoms with van der Waals surface area (Å²) in [6.07, 6.45) is 3.14. The van der Waals surface area contributed by atoms with Crippen LogP contribution in [0, 0.1) is 0 Å². The number of hydrazone groups is 1. The summed E-state index contributed by atoms with van der Waals surface area (Å²) in [6, 6.07) is 13.7. The van der Waals surface area contributed by atoms with Crippen LogP contribution in [-0.4, -0.2) is 25.8 Å². The van der Waals surface area contributed by atoms with Crippen molar-refractivity contribution < 1.29 is 19.0 Å². The van der Waals surface area contributed by atoms with Crippen molar-refractivity contribution in [2.75, 3.05) is 13.7 Å². The number of carbonyl (C=O) groups excluding carboxylic acids is 1. The van der Waals surface area contributed by atoms with Gasteiger partial charge in [0.2, 0.25) is 0 Å². The van der Waals surface area contributed by atoms with E-state index in [-0.39, 0.29) is 6.61 Å². The highest BCUT2D eigenvalue weighted by molar-refractivity contribution is 9.11. The zero-order chi connectivity index (χ0) is 25.4. The maximum absolute atomic E-state index is 12.5. The Morgan fingerprint density at radius 2 is 1.80 bits per heavy atom. The molecular formula is C25H20Br2Cl2N2O4. The van der Waals surface area contributed by atoms with Crippen LogP contribution >= 0.6 is 55.1 Å². The lowest BCUT2D eigenvalue weighted by Gasteiger charge is -2.12. The highest BCUT2D eigenvalue weighted by Gasteiger charge is 2.12. The minimum Gasteiger partial charge on any atom is -0.493 e. The van der Waals surface area contributed by atoms with Gasteiger partial charge in [-0.05, 0) is 79.9 Å². The number of carbonyl (C=O) groups is 1. The van der Waals surface area contributed by atoms with Gasteiger partial charge in [-0.2, -0.15) is 5.10 Å². The maximum Gasteiger partial charge on any atom is 0.271 e. The summed E-state index contributed by atoms with van der Waals surface area (Å²) in [5.41, 5.74) is 4.41. The van der Waals surface area contributed by atoms with Crippen LogP contribution in [0.15, 0.2) is 75.2 Å². The van der Waals surface area contributed by atoms with Crippen molar-refractivity contribution in [2.24, 2.45) is 5.10 Å². The minimum absolute atomic E-state index is 0.261. The zero-order valence-electron chi connectivity index (χ0n) is 18.5. The van der Waals surface area contributed by atoms with Crippen LogP contribution in [0.25, 0.3) is 0 Å². The SMILES string of the molecule is C=CCOc1ccc(C(=O)N/N=C/c2cc(Br)c(OCc3ccc(Cl)cc3Cl)c(Br)c2)cc1OC. The molecule has 1 amide bonds. The lowest BCUT2D eigenvalue weighted by atomic mass is 10.2. The van der Waals surface area contributed by atoms with E-state index in [4.69, 9.17) is 37.4 Å². The number of methoxy groups -OCH3 is 1. The third-order valence-corrected chi connectivity index (χ3v) is 6.33. The first-order chi connectivity index (χ1) is 16.8. The highest BCUT2D eigenvalue weighted by Crippen LogP contribution is 2.35. The number of benzene rings is 3. The largest absolute Gasteiger partial charge is 0.493 e. The highest BCUT2D eigenvalue weighted by atomic mass is 79.9. The first kappa shape index (κ1) is 27.1. The second kappa shape index (κ2) is 13.0. The number of rotatable bonds is 10. The Morgan fingerprint density at radius 1 is 1.06 bits per heavy atom. The fraction of sp³-hybridized carbons (Fsp3) is 0.120. The number of nitrogens with zero attached hydrogens (tertiary/aromatic N) is 1. The van der Waals surface area contributed by atoms with Crippen LogP contribution in [-0.2, 0) is 6.61 Å². The number of halogens is 4. The molecular weight excluding hydrogens is 623 g/mol. The monoisotopic (exact) mass is 640 g/mol. The second-order valence-corrected chi connectivity index (χ2v) is 9.55. The molecule has 0 saturated heterocycles. The lowest BCUT2D eigenvalue weighted by Crippen LogP contribution is -2.17. The maximum atomic E-state index is 12.5. The fourth-order valence-electron chi connectivity index (χ4n) is 2.89. The molecule has 0 atom stereocenters. The molecule has 0 aliphatic rings. The van der Waals surface area contributed by atoms with Crippen molar-refractivity contribution in [2.45, 2.75) is 6.61 Å². The molecule has 0 radical (unpaired) electrons. The molecule has 10 heteroatoms. The van der Waals surface area contributed by atoms with Crippen molar-refractivity contribution in [1.82, 2.24) is 5.43 Å². The summed E-state index contributed by atoms with van der Waals surface area (Å²) in [5.74, 6) is 1.16. The van der Waals surface area contributed by atoms with Crippen molar-refractivity contribution in [3.05, 3.63) is 96.9 Å². The van der Waals surface area contributed by atoms with Crippen LogP contribution in [0.3, 0.4) is 0 Å². The van der Waals surface area contributed by atoms with E-state index >= 15 is 0 Å². The standard InChI is InChI=1S/C25H20Br2Cl2N2O4/c1-3-8-34-22-7-5-16(11-23(22)33-2)25(32)31-30-13-15-9-19(26)24(20(27)10-15)35-14-17-4-6-18(28)12-21(17)29/h3-7,9-13H,1,8,14H2,2H3,(H,31,32)/b30-13+. The third-order valence-electron chi connectivity index (χ3n) is 4.57. The average molecular weight is 643 g/mol. The number of ether oxygens (including phenoxy) is 3. The molecule has 1 N–H and O–H groups in total. The molecule has 35 heavy (non-hydrogen) atoms. The molecule has 0 aliphatic heterocycles. The third kappa shape index (κ3) is 7.48. The van der Waals surface area contributed by atoms with E-state index in [0.29, 0.717) is 48.4 Å². The summed E-state index contributed by atoms with van der Waals surface area (Å²) in [7, 11) is 1.50. The smallest absolute Gasteiger partial charge is 0.271 e. The Kier molecular flexibility index (Phi) is 10.0. The van der Waals surface area contributed by atoms with E-state index in [1.54, 1.807) is 36.4 Å². The first-order valence-corrected chi connectivity index (χ1v) is 12.5. The van der Waals surface area contributed by atoms with Crippen LogP contribution < -0.4 is 19.6 Å². The van der Waals surface area contributed by atoms with Crippen LogP contribution in [0.2, 0.25) is 10.0 Å². The van der Waals surface area contributed by atoms with Crippen molar-refractivity contribution in [3.63, 3.8) is 0 Å². The van der Waals surface area contributed by atoms with Gasteiger partial charge in [-0.1, -0.05) is 41.9 Å². The van der Waals surface area contributed by atoms with Gasteiger partial charge in [0.05, 0.1) is 22.3 Å². The lowest BCUT2D eigenvalue weighted by molar-refractivity contribution is 0.0954. The molecule has 0 spiro atoms. The Labute approximate surface area is 230 Å². The van der Waals surface area contributed by atoms with Gasteiger partial charge in [0.25, 0.3) is 5.91 Å². The summed E-state index contributed by atoms with van der Waals surface area (Å²) in [4.78, 5) is 12.5. The fourth-order valence-corrected chi connectivity index (χ4v) is 4.80. The van der Waals surface area contributed by atoms with Crippen LogP contribution in [0.5, 0.6) is 17.2 Å². The quantitative estimate of drug-likeness (QED) is 0.142. The van der Waals surface area contributed by atoms with Crippen LogP contribution in [0.1, 0.15) is 21.5 Å². The molecule has 0 bridgehead atoms. The van der Waals surface area contributed by atoms with Crippen molar-refractivity contribution in [3.8, 4) is 17.2 Å². The topological polar surface area (TPSA) is 69.2 Å². The van der Waals surface area contributed by atoms with E-state index < -0.39 is 5.91 Å². The summed E-state index contributed by atoms with van der Waals surface area (Å²) < 4.78 is 18.1. The Balaban J connectivity index is 1.65. The zero-order valence-corrected chi connectivity index (χ0v) is 23.2. The molecule has 0 heterocycles. The molecule has 0 aliphatic carbocycles. The number of hydrogen-bond acceptors (Lipinski definition) is 5. The predicted molar refractivity (Wildman–Crippen MR) is 146 cm³/mol. The molecule has 0 fully saturated rings. The normalized spacial score (nSPS) is 10.8. The molecule has 182 valence electrons. The Bertz CT molecular complexity index is 1250. The van der Waals surface area contributed by atoms with Gasteiger partial charge >= 0.3 is 0 Å². The van der Waals surface area contributed by atoms with E-state index in [2.05, 4.69) is 49.0 Å². The minimum atomic E-state index is -0.396. The molecule has 6 nitrogen and oxygen atoms in total.